The first kappa shape index (κ1) is 19.6. The molecular weight excluding hydrogens is 368 g/mol. The monoisotopic (exact) mass is 398 g/mol. The first-order valence-electron chi connectivity index (χ1n) is 10.5. The lowest BCUT2D eigenvalue weighted by Crippen LogP contribution is -2.49. The molecule has 0 aliphatic carbocycles. The number of likely N-dealkylation sites (tertiary alicyclic amines) is 2. The molecule has 28 heavy (non-hydrogen) atoms. The van der Waals surface area contributed by atoms with Gasteiger partial charge in [0.05, 0.1) is 19.6 Å². The van der Waals surface area contributed by atoms with Crippen LogP contribution in [0.5, 0.6) is 0 Å². The lowest BCUT2D eigenvalue weighted by atomic mass is 10.0. The van der Waals surface area contributed by atoms with Crippen LogP contribution in [0.3, 0.4) is 0 Å². The van der Waals surface area contributed by atoms with Crippen LogP contribution in [0.15, 0.2) is 47.8 Å². The van der Waals surface area contributed by atoms with E-state index in [1.54, 1.807) is 11.3 Å². The second kappa shape index (κ2) is 9.68. The van der Waals surface area contributed by atoms with Crippen LogP contribution < -0.4 is 0 Å². The molecule has 4 nitrogen and oxygen atoms in total. The maximum atomic E-state index is 12.5. The number of thiophene rings is 1. The summed E-state index contributed by atoms with van der Waals surface area (Å²) in [6, 6.07) is 15.6. The fraction of sp³-hybridized carbons (Fsp3) is 0.522. The number of carbonyl (C=O) groups is 1. The van der Waals surface area contributed by atoms with Crippen LogP contribution in [-0.4, -0.2) is 54.0 Å². The molecule has 2 aliphatic rings. The number of hydrogen-bond donors (Lipinski definition) is 0. The largest absolute Gasteiger partial charge is 0.375 e. The zero-order chi connectivity index (χ0) is 19.2. The molecule has 150 valence electrons. The van der Waals surface area contributed by atoms with Crippen molar-refractivity contribution >= 4 is 17.2 Å². The van der Waals surface area contributed by atoms with E-state index in [-0.39, 0.29) is 5.91 Å². The van der Waals surface area contributed by atoms with Gasteiger partial charge in [-0.3, -0.25) is 9.69 Å². The van der Waals surface area contributed by atoms with Gasteiger partial charge in [-0.25, -0.2) is 0 Å². The van der Waals surface area contributed by atoms with Gasteiger partial charge < -0.3 is 9.64 Å². The fourth-order valence-corrected chi connectivity index (χ4v) is 5.22. The Morgan fingerprint density at radius 2 is 1.86 bits per heavy atom. The molecule has 2 aliphatic heterocycles. The van der Waals surface area contributed by atoms with Gasteiger partial charge in [-0.2, -0.15) is 0 Å². The van der Waals surface area contributed by atoms with Gasteiger partial charge in [0.15, 0.2) is 0 Å². The number of hydrogen-bond acceptors (Lipinski definition) is 4. The molecule has 0 N–H and O–H groups in total. The number of ether oxygens (including phenoxy) is 1. The Kier molecular flexibility index (Phi) is 6.78. The summed E-state index contributed by atoms with van der Waals surface area (Å²) in [7, 11) is 0. The maximum Gasteiger partial charge on any atom is 0.227 e. The minimum atomic E-state index is 0.282. The topological polar surface area (TPSA) is 32.8 Å². The Morgan fingerprint density at radius 3 is 2.61 bits per heavy atom. The molecule has 0 saturated carbocycles. The zero-order valence-corrected chi connectivity index (χ0v) is 17.3. The summed E-state index contributed by atoms with van der Waals surface area (Å²) < 4.78 is 6.04. The number of carbonyl (C=O) groups excluding carboxylic acids is 1. The third-order valence-electron chi connectivity index (χ3n) is 6.04. The van der Waals surface area contributed by atoms with E-state index in [0.717, 1.165) is 32.5 Å². The highest BCUT2D eigenvalue weighted by Crippen LogP contribution is 2.27. The predicted octanol–water partition coefficient (Wildman–Crippen LogP) is 3.96. The molecule has 4 rings (SSSR count). The lowest BCUT2D eigenvalue weighted by molar-refractivity contribution is -0.132. The predicted molar refractivity (Wildman–Crippen MR) is 113 cm³/mol. The molecule has 1 aromatic carbocycles. The number of rotatable bonds is 7. The second-order valence-electron chi connectivity index (χ2n) is 7.90. The third-order valence-corrected chi connectivity index (χ3v) is 6.91. The second-order valence-corrected chi connectivity index (χ2v) is 8.93. The highest BCUT2D eigenvalue weighted by Gasteiger charge is 2.33. The van der Waals surface area contributed by atoms with Crippen LogP contribution in [0.4, 0.5) is 0 Å². The molecule has 1 unspecified atom stereocenters. The van der Waals surface area contributed by atoms with Crippen LogP contribution in [-0.2, 0) is 22.6 Å². The summed E-state index contributed by atoms with van der Waals surface area (Å²) in [4.78, 5) is 18.4. The Balaban J connectivity index is 1.22. The van der Waals surface area contributed by atoms with Crippen molar-refractivity contribution in [1.82, 2.24) is 9.80 Å². The van der Waals surface area contributed by atoms with Gasteiger partial charge >= 0.3 is 0 Å². The zero-order valence-electron chi connectivity index (χ0n) is 16.5. The molecule has 0 radical (unpaired) electrons. The molecule has 3 heterocycles. The molecule has 5 heteroatoms. The van der Waals surface area contributed by atoms with E-state index < -0.39 is 0 Å². The van der Waals surface area contributed by atoms with E-state index >= 15 is 0 Å². The lowest BCUT2D eigenvalue weighted by Gasteiger charge is -2.39. The summed E-state index contributed by atoms with van der Waals surface area (Å²) in [6.45, 7) is 4.46. The summed E-state index contributed by atoms with van der Waals surface area (Å²) >= 11 is 1.67. The van der Waals surface area contributed by atoms with Crippen molar-refractivity contribution in [3.63, 3.8) is 0 Å². The molecule has 2 fully saturated rings. The van der Waals surface area contributed by atoms with E-state index in [1.165, 1.54) is 29.8 Å². The molecular formula is C23H30N2O2S. The number of benzene rings is 1. The number of nitrogens with zero attached hydrogens (tertiary/aromatic N) is 2. The smallest absolute Gasteiger partial charge is 0.227 e. The van der Waals surface area contributed by atoms with Crippen molar-refractivity contribution in [2.24, 2.45) is 0 Å². The summed E-state index contributed by atoms with van der Waals surface area (Å²) in [6.07, 6.45) is 5.22. The van der Waals surface area contributed by atoms with Crippen molar-refractivity contribution in [3.8, 4) is 0 Å². The average Bonchev–Trinajstić information content (AvgIpc) is 3.41. The number of amides is 1. The summed E-state index contributed by atoms with van der Waals surface area (Å²) in [5, 5.41) is 2.04. The molecule has 2 saturated heterocycles. The van der Waals surface area contributed by atoms with E-state index in [1.807, 2.05) is 17.5 Å². The van der Waals surface area contributed by atoms with Gasteiger partial charge in [-0.1, -0.05) is 36.4 Å². The SMILES string of the molecule is O=C(Cc1cccs1)N1CCC(N2CCCC2COCc2ccccc2)CC1. The van der Waals surface area contributed by atoms with E-state index in [0.29, 0.717) is 25.1 Å². The van der Waals surface area contributed by atoms with Crippen molar-refractivity contribution in [2.75, 3.05) is 26.2 Å². The summed E-state index contributed by atoms with van der Waals surface area (Å²) in [5.41, 5.74) is 1.24. The Hall–Kier alpha value is -1.69. The van der Waals surface area contributed by atoms with Gasteiger partial charge in [-0.15, -0.1) is 11.3 Å². The standard InChI is InChI=1S/C23H30N2O2S/c26-23(16-22-9-5-15-28-22)24-13-10-20(11-14-24)25-12-4-8-21(25)18-27-17-19-6-2-1-3-7-19/h1-3,5-7,9,15,20-21H,4,8,10-14,16-18H2. The minimum absolute atomic E-state index is 0.282. The van der Waals surface area contributed by atoms with E-state index in [4.69, 9.17) is 4.74 Å². The number of piperidine rings is 1. The van der Waals surface area contributed by atoms with Gasteiger partial charge in [-0.05, 0) is 49.2 Å². The third kappa shape index (κ3) is 5.02. The molecule has 2 aromatic rings. The van der Waals surface area contributed by atoms with Gasteiger partial charge in [0.2, 0.25) is 5.91 Å². The quantitative estimate of drug-likeness (QED) is 0.708. The van der Waals surface area contributed by atoms with Crippen LogP contribution in [0.1, 0.15) is 36.1 Å². The normalized spacial score (nSPS) is 21.3. The minimum Gasteiger partial charge on any atom is -0.375 e. The highest BCUT2D eigenvalue weighted by molar-refractivity contribution is 7.10. The Labute approximate surface area is 172 Å². The Morgan fingerprint density at radius 1 is 1.04 bits per heavy atom. The summed E-state index contributed by atoms with van der Waals surface area (Å²) in [5.74, 6) is 0.282. The average molecular weight is 399 g/mol. The molecule has 1 aromatic heterocycles. The van der Waals surface area contributed by atoms with Crippen LogP contribution in [0.25, 0.3) is 0 Å². The van der Waals surface area contributed by atoms with E-state index in [2.05, 4.69) is 40.1 Å². The molecule has 0 spiro atoms. The molecule has 1 amide bonds. The highest BCUT2D eigenvalue weighted by atomic mass is 32.1. The Bertz CT molecular complexity index is 726. The van der Waals surface area contributed by atoms with Gasteiger partial charge in [0, 0.05) is 30.1 Å². The van der Waals surface area contributed by atoms with Crippen LogP contribution in [0, 0.1) is 0 Å². The van der Waals surface area contributed by atoms with E-state index in [9.17, 15) is 4.79 Å². The van der Waals surface area contributed by atoms with Crippen LogP contribution >= 0.6 is 11.3 Å². The molecule has 0 bridgehead atoms. The van der Waals surface area contributed by atoms with Crippen molar-refractivity contribution < 1.29 is 9.53 Å². The van der Waals surface area contributed by atoms with Crippen molar-refractivity contribution in [3.05, 3.63) is 58.3 Å². The van der Waals surface area contributed by atoms with Gasteiger partial charge in [0.1, 0.15) is 0 Å². The van der Waals surface area contributed by atoms with Crippen molar-refractivity contribution in [1.29, 1.82) is 0 Å². The fourth-order valence-electron chi connectivity index (χ4n) is 4.53. The van der Waals surface area contributed by atoms with Crippen molar-refractivity contribution in [2.45, 2.75) is 50.8 Å². The first-order chi connectivity index (χ1) is 13.8. The van der Waals surface area contributed by atoms with Gasteiger partial charge in [0.25, 0.3) is 0 Å². The van der Waals surface area contributed by atoms with Crippen LogP contribution in [0.2, 0.25) is 0 Å². The molecule has 1 atom stereocenters. The first-order valence-corrected chi connectivity index (χ1v) is 11.3. The maximum absolute atomic E-state index is 12.5.